The number of aryl methyl sites for hydroxylation is 2. The number of benzene rings is 1. The molecular formula is C20H23FN2O. The van der Waals surface area contributed by atoms with Crippen LogP contribution in [0.2, 0.25) is 0 Å². The Balaban J connectivity index is 2.07. The fourth-order valence-corrected chi connectivity index (χ4v) is 3.53. The van der Waals surface area contributed by atoms with E-state index in [1.165, 1.54) is 12.1 Å². The molecule has 1 fully saturated rings. The summed E-state index contributed by atoms with van der Waals surface area (Å²) in [5.41, 5.74) is 4.05. The minimum Gasteiger partial charge on any atom is -0.305 e. The smallest absolute Gasteiger partial charge is 0.258 e. The monoisotopic (exact) mass is 326 g/mol. The highest BCUT2D eigenvalue weighted by Gasteiger charge is 2.30. The van der Waals surface area contributed by atoms with Crippen molar-refractivity contribution in [2.24, 2.45) is 0 Å². The molecule has 3 rings (SSSR count). The van der Waals surface area contributed by atoms with Gasteiger partial charge < -0.3 is 4.90 Å². The molecule has 1 aliphatic rings. The van der Waals surface area contributed by atoms with E-state index in [0.29, 0.717) is 5.56 Å². The Kier molecular flexibility index (Phi) is 4.65. The fourth-order valence-electron chi connectivity index (χ4n) is 3.53. The van der Waals surface area contributed by atoms with E-state index in [1.807, 2.05) is 25.7 Å². The molecule has 1 heterocycles. The van der Waals surface area contributed by atoms with Crippen molar-refractivity contribution in [3.8, 4) is 0 Å². The van der Waals surface area contributed by atoms with Crippen molar-refractivity contribution in [1.82, 2.24) is 4.98 Å². The molecule has 0 atom stereocenters. The number of carbonyl (C=O) groups excluding carboxylic acids is 1. The lowest BCUT2D eigenvalue weighted by atomic mass is 10.0. The van der Waals surface area contributed by atoms with Gasteiger partial charge in [-0.15, -0.1) is 0 Å². The third-order valence-corrected chi connectivity index (χ3v) is 5.01. The number of hydrogen-bond acceptors (Lipinski definition) is 2. The molecule has 0 saturated heterocycles. The SMILES string of the molecule is Cc1cc(F)ccc1N(C(=O)c1ccnc(C)c1C)C1CCCC1. The molecule has 126 valence electrons. The van der Waals surface area contributed by atoms with E-state index in [0.717, 1.165) is 48.2 Å². The van der Waals surface area contributed by atoms with Gasteiger partial charge in [0.15, 0.2) is 0 Å². The maximum atomic E-state index is 13.5. The largest absolute Gasteiger partial charge is 0.305 e. The summed E-state index contributed by atoms with van der Waals surface area (Å²) in [6.07, 6.45) is 5.92. The van der Waals surface area contributed by atoms with Crippen LogP contribution in [0.15, 0.2) is 30.5 Å². The van der Waals surface area contributed by atoms with Crippen LogP contribution in [0.5, 0.6) is 0 Å². The van der Waals surface area contributed by atoms with Crippen molar-refractivity contribution < 1.29 is 9.18 Å². The molecule has 4 heteroatoms. The number of anilines is 1. The Morgan fingerprint density at radius 1 is 1.17 bits per heavy atom. The van der Waals surface area contributed by atoms with Crippen LogP contribution in [-0.2, 0) is 0 Å². The van der Waals surface area contributed by atoms with Crippen LogP contribution in [0.4, 0.5) is 10.1 Å². The van der Waals surface area contributed by atoms with Gasteiger partial charge in [-0.3, -0.25) is 9.78 Å². The minimum atomic E-state index is -0.272. The number of amides is 1. The third kappa shape index (κ3) is 3.05. The summed E-state index contributed by atoms with van der Waals surface area (Å²) in [5, 5.41) is 0. The fraction of sp³-hybridized carbons (Fsp3) is 0.400. The van der Waals surface area contributed by atoms with E-state index in [1.54, 1.807) is 18.3 Å². The van der Waals surface area contributed by atoms with Crippen LogP contribution in [0, 0.1) is 26.6 Å². The second-order valence-electron chi connectivity index (χ2n) is 6.61. The first-order chi connectivity index (χ1) is 11.5. The highest BCUT2D eigenvalue weighted by molar-refractivity contribution is 6.07. The summed E-state index contributed by atoms with van der Waals surface area (Å²) in [6.45, 7) is 5.70. The molecule has 1 saturated carbocycles. The van der Waals surface area contributed by atoms with Gasteiger partial charge in [0.2, 0.25) is 0 Å². The van der Waals surface area contributed by atoms with Crippen LogP contribution in [-0.4, -0.2) is 16.9 Å². The number of pyridine rings is 1. The van der Waals surface area contributed by atoms with E-state index in [2.05, 4.69) is 4.98 Å². The van der Waals surface area contributed by atoms with Gasteiger partial charge in [-0.25, -0.2) is 4.39 Å². The second kappa shape index (κ2) is 6.71. The quantitative estimate of drug-likeness (QED) is 0.816. The predicted molar refractivity (Wildman–Crippen MR) is 93.9 cm³/mol. The van der Waals surface area contributed by atoms with Crippen molar-refractivity contribution in [2.75, 3.05) is 4.90 Å². The van der Waals surface area contributed by atoms with E-state index in [9.17, 15) is 9.18 Å². The van der Waals surface area contributed by atoms with Gasteiger partial charge in [0.25, 0.3) is 5.91 Å². The molecule has 3 nitrogen and oxygen atoms in total. The number of hydrogen-bond donors (Lipinski definition) is 0. The normalized spacial score (nSPS) is 14.8. The molecule has 0 unspecified atom stereocenters. The number of carbonyl (C=O) groups is 1. The molecule has 0 N–H and O–H groups in total. The maximum Gasteiger partial charge on any atom is 0.258 e. The van der Waals surface area contributed by atoms with Crippen molar-refractivity contribution in [2.45, 2.75) is 52.5 Å². The van der Waals surface area contributed by atoms with Crippen molar-refractivity contribution in [1.29, 1.82) is 0 Å². The first-order valence-electron chi connectivity index (χ1n) is 8.51. The number of halogens is 1. The molecule has 0 spiro atoms. The average molecular weight is 326 g/mol. The van der Waals surface area contributed by atoms with Gasteiger partial charge in [-0.1, -0.05) is 12.8 Å². The zero-order valence-corrected chi connectivity index (χ0v) is 14.5. The maximum absolute atomic E-state index is 13.5. The van der Waals surface area contributed by atoms with Gasteiger partial charge >= 0.3 is 0 Å². The van der Waals surface area contributed by atoms with Crippen LogP contribution in [0.3, 0.4) is 0 Å². The summed E-state index contributed by atoms with van der Waals surface area (Å²) in [7, 11) is 0. The van der Waals surface area contributed by atoms with Crippen LogP contribution in [0.1, 0.15) is 52.9 Å². The Labute approximate surface area is 142 Å². The van der Waals surface area contributed by atoms with Crippen molar-refractivity contribution >= 4 is 11.6 Å². The first-order valence-corrected chi connectivity index (χ1v) is 8.51. The van der Waals surface area contributed by atoms with Crippen LogP contribution < -0.4 is 4.90 Å². The zero-order chi connectivity index (χ0) is 17.3. The summed E-state index contributed by atoms with van der Waals surface area (Å²) >= 11 is 0. The van der Waals surface area contributed by atoms with E-state index < -0.39 is 0 Å². The Hall–Kier alpha value is -2.23. The van der Waals surface area contributed by atoms with Gasteiger partial charge in [0.05, 0.1) is 0 Å². The predicted octanol–water partition coefficient (Wildman–Crippen LogP) is 4.74. The minimum absolute atomic E-state index is 0.0143. The third-order valence-electron chi connectivity index (χ3n) is 5.01. The summed E-state index contributed by atoms with van der Waals surface area (Å²) < 4.78 is 13.5. The van der Waals surface area contributed by atoms with E-state index in [4.69, 9.17) is 0 Å². The van der Waals surface area contributed by atoms with E-state index in [-0.39, 0.29) is 17.8 Å². The lowest BCUT2D eigenvalue weighted by Crippen LogP contribution is -2.40. The molecule has 2 aromatic rings. The first kappa shape index (κ1) is 16.6. The Morgan fingerprint density at radius 3 is 2.54 bits per heavy atom. The lowest BCUT2D eigenvalue weighted by Gasteiger charge is -2.31. The Bertz CT molecular complexity index is 766. The topological polar surface area (TPSA) is 33.2 Å². The van der Waals surface area contributed by atoms with Gasteiger partial charge in [0.1, 0.15) is 5.82 Å². The molecule has 24 heavy (non-hydrogen) atoms. The molecule has 1 aromatic carbocycles. The summed E-state index contributed by atoms with van der Waals surface area (Å²) in [6, 6.07) is 6.61. The standard InChI is InChI=1S/C20H23FN2O/c1-13-12-16(21)8-9-19(13)23(17-6-4-5-7-17)20(24)18-10-11-22-15(3)14(18)2/h8-12,17H,4-7H2,1-3H3. The highest BCUT2D eigenvalue weighted by atomic mass is 19.1. The molecule has 0 aliphatic heterocycles. The van der Waals surface area contributed by atoms with Gasteiger partial charge in [0, 0.05) is 29.2 Å². The second-order valence-corrected chi connectivity index (χ2v) is 6.61. The lowest BCUT2D eigenvalue weighted by molar-refractivity contribution is 0.0976. The number of aromatic nitrogens is 1. The molecular weight excluding hydrogens is 303 g/mol. The number of rotatable bonds is 3. The van der Waals surface area contributed by atoms with Crippen molar-refractivity contribution in [3.63, 3.8) is 0 Å². The molecule has 1 amide bonds. The zero-order valence-electron chi connectivity index (χ0n) is 14.5. The van der Waals surface area contributed by atoms with Crippen LogP contribution in [0.25, 0.3) is 0 Å². The summed E-state index contributed by atoms with van der Waals surface area (Å²) in [5.74, 6) is -0.286. The van der Waals surface area contributed by atoms with Crippen LogP contribution >= 0.6 is 0 Å². The average Bonchev–Trinajstić information content (AvgIpc) is 3.06. The van der Waals surface area contributed by atoms with Gasteiger partial charge in [-0.2, -0.15) is 0 Å². The molecule has 1 aromatic heterocycles. The van der Waals surface area contributed by atoms with E-state index >= 15 is 0 Å². The Morgan fingerprint density at radius 2 is 1.88 bits per heavy atom. The van der Waals surface area contributed by atoms with Crippen molar-refractivity contribution in [3.05, 3.63) is 58.7 Å². The van der Waals surface area contributed by atoms with Gasteiger partial charge in [-0.05, 0) is 69.0 Å². The molecule has 0 bridgehead atoms. The highest BCUT2D eigenvalue weighted by Crippen LogP contribution is 2.32. The molecule has 1 aliphatic carbocycles. The summed E-state index contributed by atoms with van der Waals surface area (Å²) in [4.78, 5) is 19.5. The molecule has 0 radical (unpaired) electrons. The number of nitrogens with zero attached hydrogens (tertiary/aromatic N) is 2.